The number of thiophene rings is 1. The summed E-state index contributed by atoms with van der Waals surface area (Å²) in [7, 11) is 1.78. The molecule has 3 aromatic rings. The second-order valence-electron chi connectivity index (χ2n) is 5.82. The Balaban J connectivity index is 1.39. The van der Waals surface area contributed by atoms with Crippen LogP contribution in [0.4, 0.5) is 4.79 Å². The summed E-state index contributed by atoms with van der Waals surface area (Å²) in [6.07, 6.45) is 0.837. The number of rotatable bonds is 7. The van der Waals surface area contributed by atoms with Crippen molar-refractivity contribution in [2.75, 3.05) is 26.7 Å². The van der Waals surface area contributed by atoms with Crippen molar-refractivity contribution in [1.82, 2.24) is 10.2 Å². The number of para-hydroxylation sites is 1. The van der Waals surface area contributed by atoms with Crippen molar-refractivity contribution >= 4 is 27.5 Å². The number of hydrogen-bond donors (Lipinski definition) is 1. The summed E-state index contributed by atoms with van der Waals surface area (Å²) in [5.41, 5.74) is 1.29. The van der Waals surface area contributed by atoms with Crippen LogP contribution in [0.2, 0.25) is 0 Å². The molecule has 0 fully saturated rings. The van der Waals surface area contributed by atoms with Crippen LogP contribution in [0.1, 0.15) is 5.56 Å². The lowest BCUT2D eigenvalue weighted by Gasteiger charge is -2.18. The van der Waals surface area contributed by atoms with Crippen molar-refractivity contribution in [3.05, 3.63) is 65.5 Å². The van der Waals surface area contributed by atoms with Crippen molar-refractivity contribution in [3.63, 3.8) is 0 Å². The maximum Gasteiger partial charge on any atom is 0.317 e. The van der Waals surface area contributed by atoms with Gasteiger partial charge in [-0.05, 0) is 40.9 Å². The average molecular weight is 354 g/mol. The number of carbonyl (C=O) groups is 1. The van der Waals surface area contributed by atoms with Gasteiger partial charge in [0.2, 0.25) is 0 Å². The Morgan fingerprint density at radius 2 is 1.88 bits per heavy atom. The molecule has 0 radical (unpaired) electrons. The van der Waals surface area contributed by atoms with E-state index in [1.54, 1.807) is 23.3 Å². The fraction of sp³-hybridized carbons (Fsp3) is 0.250. The molecule has 1 aromatic heterocycles. The highest BCUT2D eigenvalue weighted by Crippen LogP contribution is 2.25. The van der Waals surface area contributed by atoms with Crippen LogP contribution >= 0.6 is 11.3 Å². The minimum Gasteiger partial charge on any atom is -0.492 e. The molecule has 0 aliphatic heterocycles. The molecule has 0 saturated heterocycles. The van der Waals surface area contributed by atoms with Crippen molar-refractivity contribution in [3.8, 4) is 5.75 Å². The first-order chi connectivity index (χ1) is 12.2. The van der Waals surface area contributed by atoms with Gasteiger partial charge in [-0.1, -0.05) is 36.4 Å². The number of ether oxygens (including phenoxy) is 1. The lowest BCUT2D eigenvalue weighted by molar-refractivity contribution is 0.195. The SMILES string of the molecule is CN(CCOc1ccccc1)C(=O)NCCc1csc2ccccc12. The van der Waals surface area contributed by atoms with Gasteiger partial charge in [-0.2, -0.15) is 0 Å². The van der Waals surface area contributed by atoms with Gasteiger partial charge in [0.1, 0.15) is 12.4 Å². The second kappa shape index (κ2) is 8.53. The molecule has 0 saturated carbocycles. The third-order valence-corrected chi connectivity index (χ3v) is 5.03. The number of nitrogens with one attached hydrogen (secondary N) is 1. The maximum absolute atomic E-state index is 12.1. The van der Waals surface area contributed by atoms with Crippen LogP contribution in [-0.2, 0) is 6.42 Å². The summed E-state index contributed by atoms with van der Waals surface area (Å²) in [4.78, 5) is 13.8. The Bertz CT molecular complexity index is 817. The standard InChI is InChI=1S/C20H22N2O2S/c1-22(13-14-24-17-7-3-2-4-8-17)20(23)21-12-11-16-15-25-19-10-6-5-9-18(16)19/h2-10,15H,11-14H2,1H3,(H,21,23). The summed E-state index contributed by atoms with van der Waals surface area (Å²) >= 11 is 1.75. The highest BCUT2D eigenvalue weighted by Gasteiger charge is 2.09. The first-order valence-electron chi connectivity index (χ1n) is 8.36. The minimum atomic E-state index is -0.0730. The summed E-state index contributed by atoms with van der Waals surface area (Å²) in [5.74, 6) is 0.820. The van der Waals surface area contributed by atoms with Crippen LogP contribution in [0.3, 0.4) is 0 Å². The molecule has 4 nitrogen and oxygen atoms in total. The molecule has 5 heteroatoms. The zero-order valence-corrected chi connectivity index (χ0v) is 15.1. The van der Waals surface area contributed by atoms with Crippen LogP contribution in [0.25, 0.3) is 10.1 Å². The molecular formula is C20H22N2O2S. The first kappa shape index (κ1) is 17.3. The maximum atomic E-state index is 12.1. The molecular weight excluding hydrogens is 332 g/mol. The van der Waals surface area contributed by atoms with E-state index in [4.69, 9.17) is 4.74 Å². The van der Waals surface area contributed by atoms with Gasteiger partial charge in [0.05, 0.1) is 6.54 Å². The number of amides is 2. The van der Waals surface area contributed by atoms with Crippen LogP contribution < -0.4 is 10.1 Å². The predicted octanol–water partition coefficient (Wildman–Crippen LogP) is 4.16. The molecule has 2 aromatic carbocycles. The Hall–Kier alpha value is -2.53. The summed E-state index contributed by atoms with van der Waals surface area (Å²) in [6.45, 7) is 1.65. The normalized spacial score (nSPS) is 10.6. The van der Waals surface area contributed by atoms with Crippen molar-refractivity contribution in [1.29, 1.82) is 0 Å². The quantitative estimate of drug-likeness (QED) is 0.692. The van der Waals surface area contributed by atoms with Gasteiger partial charge in [0.15, 0.2) is 0 Å². The molecule has 130 valence electrons. The Kier molecular flexibility index (Phi) is 5.90. The minimum absolute atomic E-state index is 0.0730. The van der Waals surface area contributed by atoms with E-state index in [2.05, 4.69) is 35.0 Å². The van der Waals surface area contributed by atoms with E-state index in [0.717, 1.165) is 12.2 Å². The van der Waals surface area contributed by atoms with Gasteiger partial charge in [0, 0.05) is 18.3 Å². The van der Waals surface area contributed by atoms with Crippen LogP contribution in [0.15, 0.2) is 60.0 Å². The van der Waals surface area contributed by atoms with Crippen LogP contribution in [0.5, 0.6) is 5.75 Å². The fourth-order valence-corrected chi connectivity index (χ4v) is 3.58. The zero-order chi connectivity index (χ0) is 17.5. The Morgan fingerprint density at radius 1 is 1.12 bits per heavy atom. The first-order valence-corrected chi connectivity index (χ1v) is 9.24. The molecule has 25 heavy (non-hydrogen) atoms. The predicted molar refractivity (Wildman–Crippen MR) is 103 cm³/mol. The molecule has 2 amide bonds. The monoisotopic (exact) mass is 354 g/mol. The highest BCUT2D eigenvalue weighted by atomic mass is 32.1. The topological polar surface area (TPSA) is 41.6 Å². The van der Waals surface area contributed by atoms with Gasteiger partial charge < -0.3 is 15.0 Å². The van der Waals surface area contributed by atoms with Gasteiger partial charge in [-0.3, -0.25) is 0 Å². The third-order valence-electron chi connectivity index (χ3n) is 4.02. The van der Waals surface area contributed by atoms with Crippen molar-refractivity contribution in [2.24, 2.45) is 0 Å². The van der Waals surface area contributed by atoms with E-state index in [9.17, 15) is 4.79 Å². The number of urea groups is 1. The lowest BCUT2D eigenvalue weighted by atomic mass is 10.1. The fourth-order valence-electron chi connectivity index (χ4n) is 2.58. The largest absolute Gasteiger partial charge is 0.492 e. The van der Waals surface area contributed by atoms with E-state index >= 15 is 0 Å². The number of likely N-dealkylation sites (N-methyl/N-ethyl adjacent to an activating group) is 1. The highest BCUT2D eigenvalue weighted by molar-refractivity contribution is 7.17. The molecule has 0 atom stereocenters. The number of nitrogens with zero attached hydrogens (tertiary/aromatic N) is 1. The number of carbonyl (C=O) groups excluding carboxylic acids is 1. The molecule has 0 bridgehead atoms. The molecule has 3 rings (SSSR count). The summed E-state index contributed by atoms with van der Waals surface area (Å²) in [5, 5.41) is 6.43. The summed E-state index contributed by atoms with van der Waals surface area (Å²) < 4.78 is 6.91. The third kappa shape index (κ3) is 4.73. The molecule has 1 heterocycles. The molecule has 0 spiro atoms. The Morgan fingerprint density at radius 3 is 2.72 bits per heavy atom. The van der Waals surface area contributed by atoms with Crippen molar-refractivity contribution < 1.29 is 9.53 Å². The van der Waals surface area contributed by atoms with E-state index in [1.807, 2.05) is 30.3 Å². The van der Waals surface area contributed by atoms with Gasteiger partial charge in [-0.25, -0.2) is 4.79 Å². The average Bonchev–Trinajstić information content (AvgIpc) is 3.06. The summed E-state index contributed by atoms with van der Waals surface area (Å²) in [6, 6.07) is 17.9. The number of fused-ring (bicyclic) bond motifs is 1. The molecule has 1 N–H and O–H groups in total. The smallest absolute Gasteiger partial charge is 0.317 e. The van der Waals surface area contributed by atoms with Crippen LogP contribution in [0, 0.1) is 0 Å². The second-order valence-corrected chi connectivity index (χ2v) is 6.73. The Labute approximate surface area is 152 Å². The number of benzene rings is 2. The van der Waals surface area contributed by atoms with Gasteiger partial charge in [-0.15, -0.1) is 11.3 Å². The number of hydrogen-bond acceptors (Lipinski definition) is 3. The van der Waals surface area contributed by atoms with Crippen LogP contribution in [-0.4, -0.2) is 37.7 Å². The van der Waals surface area contributed by atoms with Gasteiger partial charge in [0.25, 0.3) is 0 Å². The molecule has 0 aliphatic rings. The van der Waals surface area contributed by atoms with Gasteiger partial charge >= 0.3 is 6.03 Å². The van der Waals surface area contributed by atoms with Crippen molar-refractivity contribution in [2.45, 2.75) is 6.42 Å². The van der Waals surface area contributed by atoms with E-state index < -0.39 is 0 Å². The van der Waals surface area contributed by atoms with E-state index in [-0.39, 0.29) is 6.03 Å². The molecule has 0 aliphatic carbocycles. The zero-order valence-electron chi connectivity index (χ0n) is 14.3. The molecule has 0 unspecified atom stereocenters. The lowest BCUT2D eigenvalue weighted by Crippen LogP contribution is -2.40. The van der Waals surface area contributed by atoms with E-state index in [1.165, 1.54) is 15.6 Å². The van der Waals surface area contributed by atoms with E-state index in [0.29, 0.717) is 19.7 Å².